The normalized spacial score (nSPS) is 20.3. The van der Waals surface area contributed by atoms with E-state index >= 15 is 0 Å². The highest BCUT2D eigenvalue weighted by Crippen LogP contribution is 2.35. The summed E-state index contributed by atoms with van der Waals surface area (Å²) in [6.07, 6.45) is 3.70. The van der Waals surface area contributed by atoms with Crippen molar-refractivity contribution in [3.63, 3.8) is 0 Å². The number of piperazine rings is 1. The van der Waals surface area contributed by atoms with Crippen LogP contribution in [-0.2, 0) is 17.9 Å². The fourth-order valence-corrected chi connectivity index (χ4v) is 6.60. The molecule has 0 spiro atoms. The molecule has 222 valence electrons. The zero-order chi connectivity index (χ0) is 30.1. The van der Waals surface area contributed by atoms with Crippen molar-refractivity contribution in [1.82, 2.24) is 24.7 Å². The van der Waals surface area contributed by atoms with Crippen molar-refractivity contribution in [2.75, 3.05) is 44.7 Å². The Morgan fingerprint density at radius 2 is 1.95 bits per heavy atom. The lowest BCUT2D eigenvalue weighted by atomic mass is 9.99. The number of likely N-dealkylation sites (tertiary alicyclic amines) is 1. The molecule has 2 atom stereocenters. The number of aryl methyl sites for hydroxylation is 1. The van der Waals surface area contributed by atoms with E-state index in [1.807, 2.05) is 48.2 Å². The molecule has 10 heteroatoms. The zero-order valence-electron chi connectivity index (χ0n) is 24.8. The van der Waals surface area contributed by atoms with E-state index in [1.165, 1.54) is 6.08 Å². The van der Waals surface area contributed by atoms with Crippen LogP contribution in [0.15, 0.2) is 49.1 Å². The molecule has 0 unspecified atom stereocenters. The predicted octanol–water partition coefficient (Wildman–Crippen LogP) is 3.68. The molecule has 0 aliphatic carbocycles. The predicted molar refractivity (Wildman–Crippen MR) is 164 cm³/mol. The summed E-state index contributed by atoms with van der Waals surface area (Å²) in [7, 11) is 2.11. The van der Waals surface area contributed by atoms with E-state index in [2.05, 4.69) is 29.5 Å². The Kier molecular flexibility index (Phi) is 8.00. The van der Waals surface area contributed by atoms with Crippen molar-refractivity contribution in [1.29, 1.82) is 5.26 Å². The lowest BCUT2D eigenvalue weighted by Gasteiger charge is -2.41. The van der Waals surface area contributed by atoms with Crippen LogP contribution in [-0.4, -0.2) is 88.4 Å². The Balaban J connectivity index is 1.33. The summed E-state index contributed by atoms with van der Waals surface area (Å²) in [5.74, 6) is 0.482. The third kappa shape index (κ3) is 5.53. The van der Waals surface area contributed by atoms with Gasteiger partial charge in [0.1, 0.15) is 12.4 Å². The number of amides is 2. The number of nitrogens with zero attached hydrogens (tertiary/aromatic N) is 7. The van der Waals surface area contributed by atoms with Gasteiger partial charge >= 0.3 is 6.01 Å². The molecule has 3 aliphatic heterocycles. The van der Waals surface area contributed by atoms with Crippen LogP contribution in [0.1, 0.15) is 46.4 Å². The monoisotopic (exact) mass is 579 g/mol. The van der Waals surface area contributed by atoms with Crippen LogP contribution in [0.3, 0.4) is 0 Å². The maximum absolute atomic E-state index is 14.1. The maximum Gasteiger partial charge on any atom is 0.318 e. The third-order valence-corrected chi connectivity index (χ3v) is 9.02. The smallest absolute Gasteiger partial charge is 0.318 e. The number of rotatable bonds is 7. The summed E-state index contributed by atoms with van der Waals surface area (Å²) in [6, 6.07) is 14.5. The molecule has 1 aromatic heterocycles. The summed E-state index contributed by atoms with van der Waals surface area (Å²) in [6.45, 7) is 9.28. The van der Waals surface area contributed by atoms with E-state index in [0.29, 0.717) is 62.8 Å². The summed E-state index contributed by atoms with van der Waals surface area (Å²) in [5, 5.41) is 11.5. The first-order valence-electron chi connectivity index (χ1n) is 14.9. The number of hydrogen-bond acceptors (Lipinski definition) is 8. The molecule has 43 heavy (non-hydrogen) atoms. The number of benzene rings is 2. The van der Waals surface area contributed by atoms with Crippen molar-refractivity contribution < 1.29 is 14.3 Å². The molecule has 2 aromatic carbocycles. The summed E-state index contributed by atoms with van der Waals surface area (Å²) in [5.41, 5.74) is 3.29. The topological polar surface area (TPSA) is 106 Å². The largest absolute Gasteiger partial charge is 0.462 e. The number of anilines is 1. The van der Waals surface area contributed by atoms with Crippen molar-refractivity contribution >= 4 is 28.4 Å². The molecule has 4 heterocycles. The second-order valence-electron chi connectivity index (χ2n) is 11.7. The minimum Gasteiger partial charge on any atom is -0.462 e. The lowest BCUT2D eigenvalue weighted by molar-refractivity contribution is -0.128. The summed E-state index contributed by atoms with van der Waals surface area (Å²) >= 11 is 0. The summed E-state index contributed by atoms with van der Waals surface area (Å²) in [4.78, 5) is 44.3. The molecular weight excluding hydrogens is 542 g/mol. The molecular formula is C33H37N7O3. The molecule has 0 saturated carbocycles. The minimum atomic E-state index is -0.302. The van der Waals surface area contributed by atoms with E-state index in [4.69, 9.17) is 14.7 Å². The van der Waals surface area contributed by atoms with E-state index in [1.54, 1.807) is 4.90 Å². The van der Waals surface area contributed by atoms with Crippen LogP contribution in [0.4, 0.5) is 5.82 Å². The molecule has 0 N–H and O–H groups in total. The average molecular weight is 580 g/mol. The van der Waals surface area contributed by atoms with Gasteiger partial charge < -0.3 is 24.3 Å². The van der Waals surface area contributed by atoms with Gasteiger partial charge in [-0.3, -0.25) is 9.59 Å². The van der Waals surface area contributed by atoms with Gasteiger partial charge in [0.05, 0.1) is 42.9 Å². The van der Waals surface area contributed by atoms with Gasteiger partial charge in [-0.2, -0.15) is 15.2 Å². The van der Waals surface area contributed by atoms with Crippen LogP contribution in [0.5, 0.6) is 6.01 Å². The number of carbonyl (C=O) groups excluding carboxylic acids is 2. The van der Waals surface area contributed by atoms with E-state index in [9.17, 15) is 14.9 Å². The minimum absolute atomic E-state index is 0.0444. The number of fused-ring (bicyclic) bond motifs is 2. The lowest BCUT2D eigenvalue weighted by Crippen LogP contribution is -2.55. The highest BCUT2D eigenvalue weighted by atomic mass is 16.5. The first-order chi connectivity index (χ1) is 20.9. The maximum atomic E-state index is 14.1. The van der Waals surface area contributed by atoms with Crippen molar-refractivity contribution in [3.05, 3.63) is 71.4 Å². The molecule has 2 fully saturated rings. The van der Waals surface area contributed by atoms with Gasteiger partial charge in [-0.05, 0) is 55.8 Å². The highest BCUT2D eigenvalue weighted by molar-refractivity contribution is 6.08. The molecule has 0 radical (unpaired) electrons. The van der Waals surface area contributed by atoms with Gasteiger partial charge in [0, 0.05) is 31.2 Å². The van der Waals surface area contributed by atoms with Gasteiger partial charge in [-0.25, -0.2) is 0 Å². The Hall–Kier alpha value is -4.49. The average Bonchev–Trinajstić information content (AvgIpc) is 3.64. The van der Waals surface area contributed by atoms with Gasteiger partial charge in [-0.15, -0.1) is 0 Å². The summed E-state index contributed by atoms with van der Waals surface area (Å²) < 4.78 is 6.20. The number of nitriles is 1. The second-order valence-corrected chi connectivity index (χ2v) is 11.7. The number of hydrogen-bond donors (Lipinski definition) is 0. The van der Waals surface area contributed by atoms with Crippen molar-refractivity contribution in [2.24, 2.45) is 0 Å². The number of likely N-dealkylation sites (N-methyl/N-ethyl adjacent to an activating group) is 1. The molecule has 0 bridgehead atoms. The molecule has 3 aromatic rings. The zero-order valence-corrected chi connectivity index (χ0v) is 24.8. The molecule has 6 rings (SSSR count). The molecule has 10 nitrogen and oxygen atoms in total. The standard InChI is InChI=1S/C33H37N7O3/c1-4-29(41)40-17-16-38(18-24(40)13-14-34)31-27-19-39(32(42)30-22(2)11-12-23-8-5-6-10-26(23)30)20-28(27)35-33(36-31)43-21-25-9-7-15-37(25)3/h4-6,8,10-12,24-25H,1,7,9,13,15-21H2,2-3H3/t24-,25-/m0/s1. The fraction of sp³-hybridized carbons (Fsp3) is 0.424. The van der Waals surface area contributed by atoms with E-state index in [0.717, 1.165) is 47.0 Å². The first-order valence-corrected chi connectivity index (χ1v) is 14.9. The quantitative estimate of drug-likeness (QED) is 0.391. The van der Waals surface area contributed by atoms with Gasteiger partial charge in [0.15, 0.2) is 0 Å². The van der Waals surface area contributed by atoms with Crippen molar-refractivity contribution in [3.8, 4) is 12.1 Å². The Bertz CT molecular complexity index is 1620. The molecule has 3 aliphatic rings. The number of carbonyl (C=O) groups is 2. The van der Waals surface area contributed by atoms with Crippen LogP contribution in [0, 0.1) is 18.3 Å². The second kappa shape index (κ2) is 12.0. The van der Waals surface area contributed by atoms with Crippen LogP contribution in [0.25, 0.3) is 10.8 Å². The van der Waals surface area contributed by atoms with Crippen LogP contribution >= 0.6 is 0 Å². The van der Waals surface area contributed by atoms with E-state index in [-0.39, 0.29) is 24.3 Å². The van der Waals surface area contributed by atoms with Crippen LogP contribution < -0.4 is 9.64 Å². The SMILES string of the molecule is C=CC(=O)N1CCN(c2nc(OC[C@@H]3CCCN3C)nc3c2CN(C(=O)c2c(C)ccc4ccccc24)C3)C[C@@H]1CC#N. The van der Waals surface area contributed by atoms with Gasteiger partial charge in [-0.1, -0.05) is 43.0 Å². The highest BCUT2D eigenvalue weighted by Gasteiger charge is 2.36. The third-order valence-electron chi connectivity index (χ3n) is 9.02. The van der Waals surface area contributed by atoms with Gasteiger partial charge in [0.2, 0.25) is 5.91 Å². The Labute approximate surface area is 252 Å². The Morgan fingerprint density at radius 1 is 1.12 bits per heavy atom. The molecule has 2 amide bonds. The first kappa shape index (κ1) is 28.6. The van der Waals surface area contributed by atoms with Crippen molar-refractivity contribution in [2.45, 2.75) is 51.4 Å². The molecule has 2 saturated heterocycles. The number of aromatic nitrogens is 2. The van der Waals surface area contributed by atoms with E-state index < -0.39 is 0 Å². The Morgan fingerprint density at radius 3 is 2.72 bits per heavy atom. The number of ether oxygens (including phenoxy) is 1. The fourth-order valence-electron chi connectivity index (χ4n) is 6.60. The van der Waals surface area contributed by atoms with Crippen LogP contribution in [0.2, 0.25) is 0 Å². The van der Waals surface area contributed by atoms with Gasteiger partial charge in [0.25, 0.3) is 5.91 Å².